The first-order chi connectivity index (χ1) is 16.8. The fourth-order valence-electron chi connectivity index (χ4n) is 4.68. The maximum atomic E-state index is 13.6. The number of rotatable bonds is 6. The Labute approximate surface area is 204 Å². The Morgan fingerprint density at radius 2 is 2.00 bits per heavy atom. The van der Waals surface area contributed by atoms with Gasteiger partial charge in [-0.1, -0.05) is 12.1 Å². The minimum absolute atomic E-state index is 0.0212. The fourth-order valence-corrected chi connectivity index (χ4v) is 4.68. The van der Waals surface area contributed by atoms with Crippen LogP contribution in [0.5, 0.6) is 5.75 Å². The molecular weight excluding hydrogens is 446 g/mol. The number of aryl methyl sites for hydroxylation is 1. The van der Waals surface area contributed by atoms with Crippen LogP contribution in [0.1, 0.15) is 55.7 Å². The van der Waals surface area contributed by atoms with Crippen molar-refractivity contribution in [2.45, 2.75) is 52.6 Å². The van der Waals surface area contributed by atoms with Gasteiger partial charge in [0.05, 0.1) is 7.11 Å². The van der Waals surface area contributed by atoms with E-state index >= 15 is 0 Å². The zero-order chi connectivity index (χ0) is 25.1. The number of anilines is 1. The number of nitrogens with one attached hydrogen (secondary N) is 2. The van der Waals surface area contributed by atoms with Crippen molar-refractivity contribution in [3.05, 3.63) is 75.8 Å². The van der Waals surface area contributed by atoms with Crippen molar-refractivity contribution in [1.29, 1.82) is 0 Å². The van der Waals surface area contributed by atoms with E-state index in [1.807, 2.05) is 32.0 Å². The molecule has 1 amide bonds. The Kier molecular flexibility index (Phi) is 7.00. The number of nitrogens with zero attached hydrogens (tertiary/aromatic N) is 1. The molecule has 8 nitrogen and oxygen atoms in total. The number of allylic oxidation sites excluding steroid dienone is 3. The Morgan fingerprint density at radius 3 is 2.71 bits per heavy atom. The highest BCUT2D eigenvalue weighted by molar-refractivity contribution is 6.09. The van der Waals surface area contributed by atoms with Crippen LogP contribution in [-0.4, -0.2) is 29.8 Å². The molecule has 0 spiro atoms. The van der Waals surface area contributed by atoms with Gasteiger partial charge in [-0.05, 0) is 56.0 Å². The maximum absolute atomic E-state index is 13.6. The first-order valence-corrected chi connectivity index (χ1v) is 11.6. The summed E-state index contributed by atoms with van der Waals surface area (Å²) in [4.78, 5) is 42.5. The lowest BCUT2D eigenvalue weighted by Crippen LogP contribution is -2.35. The van der Waals surface area contributed by atoms with E-state index in [0.29, 0.717) is 40.4 Å². The lowest BCUT2D eigenvalue weighted by atomic mass is 9.74. The van der Waals surface area contributed by atoms with E-state index < -0.39 is 11.9 Å². The molecule has 2 N–H and O–H groups in total. The number of carbonyl (C=O) groups is 3. The molecule has 2 heterocycles. The fraction of sp³-hybridized carbons (Fsp3) is 0.333. The van der Waals surface area contributed by atoms with E-state index in [0.717, 1.165) is 29.7 Å². The molecule has 1 unspecified atom stereocenters. The second-order valence-electron chi connectivity index (χ2n) is 8.74. The Hall–Kier alpha value is -3.94. The van der Waals surface area contributed by atoms with Gasteiger partial charge in [0.25, 0.3) is 5.91 Å². The molecule has 2 aliphatic rings. The monoisotopic (exact) mass is 475 g/mol. The summed E-state index contributed by atoms with van der Waals surface area (Å²) in [7, 11) is 1.54. The van der Waals surface area contributed by atoms with E-state index in [2.05, 4.69) is 15.6 Å². The number of aromatic nitrogens is 1. The second kappa shape index (κ2) is 10.1. The third-order valence-electron chi connectivity index (χ3n) is 6.33. The summed E-state index contributed by atoms with van der Waals surface area (Å²) in [6.07, 6.45) is 3.55. The minimum Gasteiger partial charge on any atom is -0.496 e. The van der Waals surface area contributed by atoms with Gasteiger partial charge in [-0.3, -0.25) is 14.4 Å². The molecule has 2 aromatic rings. The molecule has 182 valence electrons. The average Bonchev–Trinajstić information content (AvgIpc) is 2.83. The van der Waals surface area contributed by atoms with Crippen molar-refractivity contribution in [3.8, 4) is 5.75 Å². The van der Waals surface area contributed by atoms with Crippen LogP contribution in [0.4, 0.5) is 5.82 Å². The number of ether oxygens (including phenoxy) is 2. The second-order valence-corrected chi connectivity index (χ2v) is 8.74. The molecule has 4 rings (SSSR count). The topological polar surface area (TPSA) is 107 Å². The quantitative estimate of drug-likeness (QED) is 0.607. The third-order valence-corrected chi connectivity index (χ3v) is 6.33. The predicted octanol–water partition coefficient (Wildman–Crippen LogP) is 4.07. The van der Waals surface area contributed by atoms with Crippen LogP contribution in [0.3, 0.4) is 0 Å². The van der Waals surface area contributed by atoms with E-state index in [-0.39, 0.29) is 18.3 Å². The number of benzene rings is 1. The number of amides is 1. The molecule has 1 aliphatic heterocycles. The standard InChI is InChI=1S/C27H29N3O5/c1-15-7-6-12-28-26(15)30-27(33)23-16(2)29-20-8-5-9-21(32)25(20)24(23)18-10-11-22(34-4)19(13-18)14-35-17(3)31/h6-7,10-13,24,29H,5,8-9,14H2,1-4H3,(H,28,30,33). The first kappa shape index (κ1) is 24.2. The summed E-state index contributed by atoms with van der Waals surface area (Å²) in [6.45, 7) is 5.08. The molecule has 1 atom stereocenters. The van der Waals surface area contributed by atoms with E-state index in [1.54, 1.807) is 25.4 Å². The number of esters is 1. The van der Waals surface area contributed by atoms with Crippen molar-refractivity contribution in [3.63, 3.8) is 0 Å². The molecule has 1 aromatic carbocycles. The maximum Gasteiger partial charge on any atom is 0.302 e. The van der Waals surface area contributed by atoms with Crippen molar-refractivity contribution in [2.24, 2.45) is 0 Å². The highest BCUT2D eigenvalue weighted by Gasteiger charge is 2.38. The van der Waals surface area contributed by atoms with Gasteiger partial charge in [-0.15, -0.1) is 0 Å². The van der Waals surface area contributed by atoms with Crippen molar-refractivity contribution >= 4 is 23.5 Å². The highest BCUT2D eigenvalue weighted by atomic mass is 16.5. The summed E-state index contributed by atoms with van der Waals surface area (Å²) in [5.41, 5.74) is 4.84. The zero-order valence-electron chi connectivity index (χ0n) is 20.4. The van der Waals surface area contributed by atoms with Gasteiger partial charge in [-0.25, -0.2) is 4.98 Å². The van der Waals surface area contributed by atoms with Crippen LogP contribution in [-0.2, 0) is 25.7 Å². The van der Waals surface area contributed by atoms with Crippen molar-refractivity contribution < 1.29 is 23.9 Å². The van der Waals surface area contributed by atoms with Crippen molar-refractivity contribution in [1.82, 2.24) is 10.3 Å². The van der Waals surface area contributed by atoms with E-state index in [1.165, 1.54) is 6.92 Å². The van der Waals surface area contributed by atoms with E-state index in [4.69, 9.17) is 9.47 Å². The molecular formula is C27H29N3O5. The van der Waals surface area contributed by atoms with Crippen LogP contribution < -0.4 is 15.4 Å². The minimum atomic E-state index is -0.579. The van der Waals surface area contributed by atoms with Gasteiger partial charge in [0.15, 0.2) is 5.78 Å². The van der Waals surface area contributed by atoms with Crippen LogP contribution in [0.25, 0.3) is 0 Å². The normalized spacial score (nSPS) is 17.5. The number of dihydropyridines is 1. The number of pyridine rings is 1. The van der Waals surface area contributed by atoms with Gasteiger partial charge < -0.3 is 20.1 Å². The average molecular weight is 476 g/mol. The molecule has 8 heteroatoms. The molecule has 0 saturated heterocycles. The number of Topliss-reactive ketones (excluding diaryl/α,β-unsaturated/α-hetero) is 1. The lowest BCUT2D eigenvalue weighted by molar-refractivity contribution is -0.142. The summed E-state index contributed by atoms with van der Waals surface area (Å²) in [5, 5.41) is 6.24. The first-order valence-electron chi connectivity index (χ1n) is 11.6. The molecule has 0 bridgehead atoms. The molecule has 35 heavy (non-hydrogen) atoms. The predicted molar refractivity (Wildman–Crippen MR) is 131 cm³/mol. The van der Waals surface area contributed by atoms with Gasteiger partial charge in [-0.2, -0.15) is 0 Å². The molecule has 0 radical (unpaired) electrons. The largest absolute Gasteiger partial charge is 0.496 e. The number of hydrogen-bond acceptors (Lipinski definition) is 7. The molecule has 1 aliphatic carbocycles. The number of methoxy groups -OCH3 is 1. The van der Waals surface area contributed by atoms with Gasteiger partial charge >= 0.3 is 5.97 Å². The number of ketones is 1. The van der Waals surface area contributed by atoms with Crippen LogP contribution in [0.15, 0.2) is 59.1 Å². The smallest absolute Gasteiger partial charge is 0.302 e. The SMILES string of the molecule is COc1ccc(C2C(C(=O)Nc3ncccc3C)=C(C)NC3=C2C(=O)CCC3)cc1COC(C)=O. The van der Waals surface area contributed by atoms with E-state index in [9.17, 15) is 14.4 Å². The van der Waals surface area contributed by atoms with Crippen molar-refractivity contribution in [2.75, 3.05) is 12.4 Å². The summed E-state index contributed by atoms with van der Waals surface area (Å²) in [5.74, 6) is -0.268. The summed E-state index contributed by atoms with van der Waals surface area (Å²) >= 11 is 0. The highest BCUT2D eigenvalue weighted by Crippen LogP contribution is 2.43. The van der Waals surface area contributed by atoms with Gasteiger partial charge in [0.1, 0.15) is 18.2 Å². The van der Waals surface area contributed by atoms with Gasteiger partial charge in [0.2, 0.25) is 0 Å². The number of carbonyl (C=O) groups excluding carboxylic acids is 3. The Bertz CT molecular complexity index is 1260. The summed E-state index contributed by atoms with van der Waals surface area (Å²) in [6, 6.07) is 9.15. The lowest BCUT2D eigenvalue weighted by Gasteiger charge is -2.34. The third kappa shape index (κ3) is 4.96. The number of hydrogen-bond donors (Lipinski definition) is 2. The molecule has 1 aromatic heterocycles. The molecule has 0 saturated carbocycles. The van der Waals surface area contributed by atoms with Crippen LogP contribution in [0.2, 0.25) is 0 Å². The Balaban J connectivity index is 1.81. The summed E-state index contributed by atoms with van der Waals surface area (Å²) < 4.78 is 10.7. The Morgan fingerprint density at radius 1 is 1.20 bits per heavy atom. The zero-order valence-corrected chi connectivity index (χ0v) is 20.4. The van der Waals surface area contributed by atoms with Crippen LogP contribution in [0, 0.1) is 6.92 Å². The van der Waals surface area contributed by atoms with Gasteiger partial charge in [0, 0.05) is 53.6 Å². The van der Waals surface area contributed by atoms with Crippen LogP contribution >= 0.6 is 0 Å². The molecule has 0 fully saturated rings.